The van der Waals surface area contributed by atoms with E-state index < -0.39 is 0 Å². The molecular formula is C16H26N2. The minimum atomic E-state index is -0.00754. The predicted molar refractivity (Wildman–Crippen MR) is 76.5 cm³/mol. The van der Waals surface area contributed by atoms with Crippen LogP contribution in [0.5, 0.6) is 0 Å². The van der Waals surface area contributed by atoms with Gasteiger partial charge in [-0.1, -0.05) is 26.3 Å². The van der Waals surface area contributed by atoms with Gasteiger partial charge in [0.2, 0.25) is 0 Å². The van der Waals surface area contributed by atoms with Crippen molar-refractivity contribution in [2.45, 2.75) is 64.3 Å². The van der Waals surface area contributed by atoms with Crippen molar-refractivity contribution in [2.24, 2.45) is 11.7 Å². The maximum atomic E-state index is 6.54. The molecule has 0 atom stereocenters. The Kier molecular flexibility index (Phi) is 4.39. The van der Waals surface area contributed by atoms with E-state index >= 15 is 0 Å². The zero-order chi connectivity index (χ0) is 13.0. The Morgan fingerprint density at radius 2 is 2.00 bits per heavy atom. The molecule has 1 saturated carbocycles. The van der Waals surface area contributed by atoms with E-state index in [1.165, 1.54) is 24.8 Å². The molecule has 2 heteroatoms. The molecule has 1 aliphatic carbocycles. The lowest BCUT2D eigenvalue weighted by Gasteiger charge is -2.36. The second-order valence-electron chi connectivity index (χ2n) is 5.90. The molecule has 18 heavy (non-hydrogen) atoms. The number of pyridine rings is 1. The minimum Gasteiger partial charge on any atom is -0.325 e. The number of rotatable bonds is 4. The molecule has 0 unspecified atom stereocenters. The summed E-state index contributed by atoms with van der Waals surface area (Å²) in [6.45, 7) is 4.45. The second kappa shape index (κ2) is 5.83. The molecule has 1 aromatic heterocycles. The fourth-order valence-corrected chi connectivity index (χ4v) is 2.97. The molecular weight excluding hydrogens is 220 g/mol. The highest BCUT2D eigenvalue weighted by atomic mass is 14.8. The van der Waals surface area contributed by atoms with Crippen LogP contribution >= 0.6 is 0 Å². The van der Waals surface area contributed by atoms with E-state index in [0.29, 0.717) is 0 Å². The van der Waals surface area contributed by atoms with E-state index in [1.807, 2.05) is 6.20 Å². The van der Waals surface area contributed by atoms with Crippen LogP contribution in [0.15, 0.2) is 18.3 Å². The van der Waals surface area contributed by atoms with Gasteiger partial charge in [0.1, 0.15) is 0 Å². The highest BCUT2D eigenvalue weighted by Crippen LogP contribution is 2.33. The molecule has 0 radical (unpaired) electrons. The summed E-state index contributed by atoms with van der Waals surface area (Å²) in [6, 6.07) is 4.34. The lowest BCUT2D eigenvalue weighted by molar-refractivity contribution is 0.227. The average molecular weight is 246 g/mol. The topological polar surface area (TPSA) is 38.9 Å². The number of aryl methyl sites for hydroxylation is 1. The zero-order valence-corrected chi connectivity index (χ0v) is 11.8. The molecule has 1 fully saturated rings. The number of hydrogen-bond acceptors (Lipinski definition) is 2. The predicted octanol–water partition coefficient (Wildman–Crippen LogP) is 3.48. The van der Waals surface area contributed by atoms with Gasteiger partial charge in [0.15, 0.2) is 0 Å². The largest absolute Gasteiger partial charge is 0.325 e. The van der Waals surface area contributed by atoms with Crippen LogP contribution in [0.4, 0.5) is 0 Å². The van der Waals surface area contributed by atoms with Crippen LogP contribution in [0.3, 0.4) is 0 Å². The molecule has 0 amide bonds. The van der Waals surface area contributed by atoms with Crippen molar-refractivity contribution in [3.8, 4) is 0 Å². The monoisotopic (exact) mass is 246 g/mol. The summed E-state index contributed by atoms with van der Waals surface area (Å²) in [7, 11) is 0. The third-order valence-electron chi connectivity index (χ3n) is 4.51. The SMILES string of the molecule is CCc1ccc(CC2(N)CCC(CC)CC2)nc1. The highest BCUT2D eigenvalue weighted by molar-refractivity contribution is 5.16. The van der Waals surface area contributed by atoms with Gasteiger partial charge >= 0.3 is 0 Å². The van der Waals surface area contributed by atoms with Gasteiger partial charge in [-0.25, -0.2) is 0 Å². The average Bonchev–Trinajstić information content (AvgIpc) is 2.40. The Balaban J connectivity index is 1.95. The molecule has 1 aliphatic rings. The first-order valence-electron chi connectivity index (χ1n) is 7.38. The van der Waals surface area contributed by atoms with E-state index in [-0.39, 0.29) is 5.54 Å². The molecule has 2 N–H and O–H groups in total. The van der Waals surface area contributed by atoms with Crippen molar-refractivity contribution in [2.75, 3.05) is 0 Å². The molecule has 0 bridgehead atoms. The van der Waals surface area contributed by atoms with Gasteiger partial charge in [0.05, 0.1) is 0 Å². The summed E-state index contributed by atoms with van der Waals surface area (Å²) >= 11 is 0. The second-order valence-corrected chi connectivity index (χ2v) is 5.90. The quantitative estimate of drug-likeness (QED) is 0.883. The number of hydrogen-bond donors (Lipinski definition) is 1. The first-order valence-corrected chi connectivity index (χ1v) is 7.38. The molecule has 0 aromatic carbocycles. The molecule has 2 nitrogen and oxygen atoms in total. The van der Waals surface area contributed by atoms with E-state index in [9.17, 15) is 0 Å². The summed E-state index contributed by atoms with van der Waals surface area (Å²) in [6.07, 6.45) is 10.2. The first kappa shape index (κ1) is 13.5. The standard InChI is InChI=1S/C16H26N2/c1-3-13-7-9-16(17,10-8-13)11-15-6-5-14(4-2)12-18-15/h5-6,12-13H,3-4,7-11,17H2,1-2H3. The summed E-state index contributed by atoms with van der Waals surface area (Å²) in [5.41, 5.74) is 8.99. The van der Waals surface area contributed by atoms with Crippen LogP contribution in [0.2, 0.25) is 0 Å². The van der Waals surface area contributed by atoms with Gasteiger partial charge in [-0.15, -0.1) is 0 Å². The van der Waals surface area contributed by atoms with Gasteiger partial charge in [0.25, 0.3) is 0 Å². The van der Waals surface area contributed by atoms with Crippen molar-refractivity contribution in [1.29, 1.82) is 0 Å². The molecule has 100 valence electrons. The van der Waals surface area contributed by atoms with E-state index in [0.717, 1.165) is 37.3 Å². The summed E-state index contributed by atoms with van der Waals surface area (Å²) in [5.74, 6) is 0.900. The third kappa shape index (κ3) is 3.32. The highest BCUT2D eigenvalue weighted by Gasteiger charge is 2.31. The Bertz CT molecular complexity index is 361. The molecule has 1 aromatic rings. The smallest absolute Gasteiger partial charge is 0.0422 e. The molecule has 0 spiro atoms. The van der Waals surface area contributed by atoms with Gasteiger partial charge in [-0.05, 0) is 49.7 Å². The fraction of sp³-hybridized carbons (Fsp3) is 0.688. The molecule has 0 aliphatic heterocycles. The van der Waals surface area contributed by atoms with Crippen LogP contribution in [0.25, 0.3) is 0 Å². The Morgan fingerprint density at radius 3 is 2.50 bits per heavy atom. The van der Waals surface area contributed by atoms with Gasteiger partial charge in [-0.3, -0.25) is 4.98 Å². The summed E-state index contributed by atoms with van der Waals surface area (Å²) < 4.78 is 0. The number of nitrogens with two attached hydrogens (primary N) is 1. The normalized spacial score (nSPS) is 28.3. The summed E-state index contributed by atoms with van der Waals surface area (Å²) in [5, 5.41) is 0. The fourth-order valence-electron chi connectivity index (χ4n) is 2.97. The van der Waals surface area contributed by atoms with Crippen molar-refractivity contribution in [3.05, 3.63) is 29.6 Å². The van der Waals surface area contributed by atoms with Crippen LogP contribution in [0, 0.1) is 5.92 Å². The molecule has 2 rings (SSSR count). The first-order chi connectivity index (χ1) is 8.65. The lowest BCUT2D eigenvalue weighted by Crippen LogP contribution is -2.45. The van der Waals surface area contributed by atoms with Crippen LogP contribution in [-0.2, 0) is 12.8 Å². The summed E-state index contributed by atoms with van der Waals surface area (Å²) in [4.78, 5) is 4.55. The van der Waals surface area contributed by atoms with Crippen LogP contribution < -0.4 is 5.73 Å². The van der Waals surface area contributed by atoms with Crippen molar-refractivity contribution < 1.29 is 0 Å². The zero-order valence-electron chi connectivity index (χ0n) is 11.8. The maximum absolute atomic E-state index is 6.54. The lowest BCUT2D eigenvalue weighted by atomic mass is 9.74. The van der Waals surface area contributed by atoms with Crippen molar-refractivity contribution >= 4 is 0 Å². The minimum absolute atomic E-state index is 0.00754. The Labute approximate surface area is 111 Å². The van der Waals surface area contributed by atoms with E-state index in [2.05, 4.69) is 31.0 Å². The van der Waals surface area contributed by atoms with Crippen molar-refractivity contribution in [1.82, 2.24) is 4.98 Å². The van der Waals surface area contributed by atoms with Crippen LogP contribution in [-0.4, -0.2) is 10.5 Å². The third-order valence-corrected chi connectivity index (χ3v) is 4.51. The number of aromatic nitrogens is 1. The van der Waals surface area contributed by atoms with E-state index in [1.54, 1.807) is 0 Å². The maximum Gasteiger partial charge on any atom is 0.0422 e. The Hall–Kier alpha value is -0.890. The molecule has 1 heterocycles. The van der Waals surface area contributed by atoms with E-state index in [4.69, 9.17) is 5.73 Å². The van der Waals surface area contributed by atoms with Gasteiger partial charge < -0.3 is 5.73 Å². The Morgan fingerprint density at radius 1 is 1.28 bits per heavy atom. The van der Waals surface area contributed by atoms with Crippen molar-refractivity contribution in [3.63, 3.8) is 0 Å². The molecule has 0 saturated heterocycles. The number of nitrogens with zero attached hydrogens (tertiary/aromatic N) is 1. The van der Waals surface area contributed by atoms with Crippen LogP contribution in [0.1, 0.15) is 57.2 Å². The van der Waals surface area contributed by atoms with Gasteiger partial charge in [0, 0.05) is 23.9 Å². The van der Waals surface area contributed by atoms with Gasteiger partial charge in [-0.2, -0.15) is 0 Å².